The van der Waals surface area contributed by atoms with Crippen LogP contribution in [0.5, 0.6) is 0 Å². The second-order valence-electron chi connectivity index (χ2n) is 8.67. The van der Waals surface area contributed by atoms with Crippen LogP contribution in [0.25, 0.3) is 0 Å². The first-order valence-electron chi connectivity index (χ1n) is 11.4. The van der Waals surface area contributed by atoms with Crippen LogP contribution in [0.15, 0.2) is 0 Å². The first kappa shape index (κ1) is 39.9. The molecule has 0 aliphatic carbocycles. The van der Waals surface area contributed by atoms with Gasteiger partial charge in [0, 0.05) is 37.6 Å². The van der Waals surface area contributed by atoms with Crippen LogP contribution in [-0.4, -0.2) is 171 Å². The van der Waals surface area contributed by atoms with Crippen molar-refractivity contribution in [2.24, 2.45) is 17.8 Å². The van der Waals surface area contributed by atoms with Crippen molar-refractivity contribution in [3.63, 3.8) is 0 Å². The zero-order chi connectivity index (χ0) is 29.2. The highest BCUT2D eigenvalue weighted by Crippen LogP contribution is 2.11. The molecule has 15 N–H and O–H groups in total. The third-order valence-corrected chi connectivity index (χ3v) is 5.41. The summed E-state index contributed by atoms with van der Waals surface area (Å²) in [5, 5.41) is 133. The van der Waals surface area contributed by atoms with E-state index in [-0.39, 0.29) is 19.8 Å². The lowest BCUT2D eigenvalue weighted by Crippen LogP contribution is -2.43. The number of aliphatic hydroxyl groups is 15. The van der Waals surface area contributed by atoms with E-state index in [2.05, 4.69) is 0 Å². The molecule has 0 heterocycles. The van der Waals surface area contributed by atoms with E-state index in [0.717, 1.165) is 0 Å². The van der Waals surface area contributed by atoms with Gasteiger partial charge in [0.25, 0.3) is 0 Å². The Morgan fingerprint density at radius 1 is 0.306 bits per heavy atom. The van der Waals surface area contributed by atoms with E-state index >= 15 is 0 Å². The van der Waals surface area contributed by atoms with Gasteiger partial charge in [-0.15, -0.1) is 0 Å². The maximum Gasteiger partial charge on any atom is 0.108 e. The Balaban J connectivity index is -0.000000454. The highest BCUT2D eigenvalue weighted by molar-refractivity contribution is 4.79. The maximum atomic E-state index is 9.21. The van der Waals surface area contributed by atoms with Crippen LogP contribution in [-0.2, 0) is 0 Å². The Hall–Kier alpha value is -0.600. The highest BCUT2D eigenvalue weighted by atomic mass is 16.4. The zero-order valence-corrected chi connectivity index (χ0v) is 20.9. The van der Waals surface area contributed by atoms with Gasteiger partial charge in [-0.1, -0.05) is 20.8 Å². The van der Waals surface area contributed by atoms with Gasteiger partial charge < -0.3 is 76.6 Å². The van der Waals surface area contributed by atoms with Crippen LogP contribution in [0.1, 0.15) is 20.8 Å². The van der Waals surface area contributed by atoms with Crippen LogP contribution in [0.3, 0.4) is 0 Å². The summed E-state index contributed by atoms with van der Waals surface area (Å²) in [6, 6.07) is 0. The van der Waals surface area contributed by atoms with Crippen molar-refractivity contribution in [1.29, 1.82) is 0 Å². The Kier molecular flexibility index (Phi) is 24.8. The lowest BCUT2D eigenvalue weighted by molar-refractivity contribution is -0.0978. The molecule has 0 aromatic rings. The van der Waals surface area contributed by atoms with Gasteiger partial charge in [-0.05, 0) is 0 Å². The molecule has 15 heteroatoms. The van der Waals surface area contributed by atoms with Crippen molar-refractivity contribution in [2.75, 3.05) is 39.6 Å². The Morgan fingerprint density at radius 3 is 0.583 bits per heavy atom. The first-order chi connectivity index (χ1) is 16.6. The van der Waals surface area contributed by atoms with E-state index in [0.29, 0.717) is 0 Å². The molecule has 12 atom stereocenters. The molecule has 0 radical (unpaired) electrons. The van der Waals surface area contributed by atoms with Crippen LogP contribution < -0.4 is 0 Å². The number of hydrogen-bond donors (Lipinski definition) is 15. The summed E-state index contributed by atoms with van der Waals surface area (Å²) in [6.45, 7) is 1.89. The molecular weight excluding hydrogens is 492 g/mol. The third-order valence-electron chi connectivity index (χ3n) is 5.41. The molecule has 0 aliphatic rings. The smallest absolute Gasteiger partial charge is 0.108 e. The molecule has 0 aliphatic heterocycles. The minimum atomic E-state index is -1.42. The average Bonchev–Trinajstić information content (AvgIpc) is 2.92. The molecule has 0 bridgehead atoms. The Morgan fingerprint density at radius 2 is 0.472 bits per heavy atom. The topological polar surface area (TPSA) is 303 Å². The Labute approximate surface area is 210 Å². The minimum Gasteiger partial charge on any atom is -0.396 e. The molecule has 0 rings (SSSR count). The third kappa shape index (κ3) is 15.6. The number of hydrogen-bond acceptors (Lipinski definition) is 15. The van der Waals surface area contributed by atoms with Gasteiger partial charge in [0.1, 0.15) is 36.6 Å². The lowest BCUT2D eigenvalue weighted by Gasteiger charge is -2.25. The van der Waals surface area contributed by atoms with E-state index < -0.39 is 92.5 Å². The molecular formula is C21H48O15. The summed E-state index contributed by atoms with van der Waals surface area (Å²) in [7, 11) is 0. The van der Waals surface area contributed by atoms with Crippen LogP contribution >= 0.6 is 0 Å². The highest BCUT2D eigenvalue weighted by Gasteiger charge is 2.29. The summed E-state index contributed by atoms with van der Waals surface area (Å²) >= 11 is 0. The van der Waals surface area contributed by atoms with Gasteiger partial charge in [-0.25, -0.2) is 0 Å². The molecule has 15 nitrogen and oxygen atoms in total. The van der Waals surface area contributed by atoms with Crippen molar-refractivity contribution >= 4 is 0 Å². The lowest BCUT2D eigenvalue weighted by atomic mass is 9.97. The molecule has 0 spiro atoms. The van der Waals surface area contributed by atoms with E-state index in [1.165, 1.54) is 20.8 Å². The van der Waals surface area contributed by atoms with Crippen LogP contribution in [0.2, 0.25) is 0 Å². The number of aliphatic hydroxyl groups excluding tert-OH is 15. The molecule has 0 saturated carbocycles. The largest absolute Gasteiger partial charge is 0.396 e. The molecule has 0 amide bonds. The molecule has 12 unspecified atom stereocenters. The van der Waals surface area contributed by atoms with Gasteiger partial charge in [0.05, 0.1) is 38.1 Å². The first-order valence-corrected chi connectivity index (χ1v) is 11.4. The molecule has 36 heavy (non-hydrogen) atoms. The standard InChI is InChI=1S/3C7H16O5/c3*1-4(2-8)6(11)7(12)5(10)3-9/h3*4-12H,2-3H2,1H3. The average molecular weight is 541 g/mol. The molecule has 0 aromatic carbocycles. The quantitative estimate of drug-likeness (QED) is 0.0917. The maximum absolute atomic E-state index is 9.21. The predicted octanol–water partition coefficient (Wildman–Crippen LogP) is -6.93. The van der Waals surface area contributed by atoms with Crippen molar-refractivity contribution in [2.45, 2.75) is 75.7 Å². The molecule has 0 saturated heterocycles. The fourth-order valence-electron chi connectivity index (χ4n) is 2.34. The second kappa shape index (κ2) is 22.4. The van der Waals surface area contributed by atoms with Crippen molar-refractivity contribution < 1.29 is 76.6 Å². The van der Waals surface area contributed by atoms with Crippen molar-refractivity contribution in [3.05, 3.63) is 0 Å². The van der Waals surface area contributed by atoms with Crippen molar-refractivity contribution in [1.82, 2.24) is 0 Å². The summed E-state index contributed by atoms with van der Waals surface area (Å²) in [5.41, 5.74) is 0. The van der Waals surface area contributed by atoms with Gasteiger partial charge in [0.15, 0.2) is 0 Å². The van der Waals surface area contributed by atoms with E-state index in [1.54, 1.807) is 0 Å². The van der Waals surface area contributed by atoms with Gasteiger partial charge >= 0.3 is 0 Å². The van der Waals surface area contributed by atoms with Crippen LogP contribution in [0.4, 0.5) is 0 Å². The zero-order valence-electron chi connectivity index (χ0n) is 20.9. The fraction of sp³-hybridized carbons (Fsp3) is 1.00. The van der Waals surface area contributed by atoms with E-state index in [9.17, 15) is 15.3 Å². The summed E-state index contributed by atoms with van der Waals surface area (Å²) < 4.78 is 0. The summed E-state index contributed by atoms with van der Waals surface area (Å²) in [6.07, 6.45) is -12.0. The summed E-state index contributed by atoms with van der Waals surface area (Å²) in [4.78, 5) is 0. The van der Waals surface area contributed by atoms with E-state index in [4.69, 9.17) is 61.3 Å². The minimum absolute atomic E-state index is 0.281. The molecule has 0 aromatic heterocycles. The second-order valence-corrected chi connectivity index (χ2v) is 8.67. The predicted molar refractivity (Wildman–Crippen MR) is 124 cm³/mol. The monoisotopic (exact) mass is 540 g/mol. The fourth-order valence-corrected chi connectivity index (χ4v) is 2.34. The summed E-state index contributed by atoms with van der Waals surface area (Å²) in [5.74, 6) is -1.58. The van der Waals surface area contributed by atoms with Gasteiger partial charge in [-0.2, -0.15) is 0 Å². The normalized spacial score (nSPS) is 21.5. The van der Waals surface area contributed by atoms with Crippen molar-refractivity contribution in [3.8, 4) is 0 Å². The Bertz CT molecular complexity index is 380. The van der Waals surface area contributed by atoms with Gasteiger partial charge in [0.2, 0.25) is 0 Å². The molecule has 222 valence electrons. The number of rotatable bonds is 15. The van der Waals surface area contributed by atoms with Crippen LogP contribution in [0, 0.1) is 17.8 Å². The SMILES string of the molecule is CC(CO)C(O)C(O)C(O)CO.CC(CO)C(O)C(O)C(O)CO.CC(CO)C(O)C(O)C(O)CO. The van der Waals surface area contributed by atoms with E-state index in [1.807, 2.05) is 0 Å². The van der Waals surface area contributed by atoms with Gasteiger partial charge in [-0.3, -0.25) is 0 Å². The molecule has 0 fully saturated rings.